The van der Waals surface area contributed by atoms with E-state index in [2.05, 4.69) is 4.98 Å². The van der Waals surface area contributed by atoms with Gasteiger partial charge in [-0.3, -0.25) is 9.59 Å². The first-order chi connectivity index (χ1) is 17.6. The highest BCUT2D eigenvalue weighted by molar-refractivity contribution is 6.46. The van der Waals surface area contributed by atoms with E-state index in [0.717, 1.165) is 0 Å². The molecule has 0 saturated carbocycles. The molecule has 0 unspecified atom stereocenters. The largest absolute Gasteiger partial charge is 0.507 e. The molecule has 2 heterocycles. The van der Waals surface area contributed by atoms with Crippen molar-refractivity contribution in [1.82, 2.24) is 14.8 Å². The summed E-state index contributed by atoms with van der Waals surface area (Å²) in [5.41, 5.74) is 1.91. The van der Waals surface area contributed by atoms with Crippen molar-refractivity contribution < 1.29 is 33.7 Å². The smallest absolute Gasteiger partial charge is 0.355 e. The maximum Gasteiger partial charge on any atom is 0.355 e. The van der Waals surface area contributed by atoms with Gasteiger partial charge in [0.05, 0.1) is 32.4 Å². The van der Waals surface area contributed by atoms with Gasteiger partial charge in [0.1, 0.15) is 11.5 Å². The minimum Gasteiger partial charge on any atom is -0.507 e. The molecule has 10 heteroatoms. The summed E-state index contributed by atoms with van der Waals surface area (Å²) in [7, 11) is 6.87. The van der Waals surface area contributed by atoms with Crippen molar-refractivity contribution in [2.75, 3.05) is 48.0 Å². The third kappa shape index (κ3) is 5.34. The minimum atomic E-state index is -0.860. The molecule has 3 rings (SSSR count). The number of hydrogen-bond acceptors (Lipinski definition) is 8. The number of carbonyl (C=O) groups excluding carboxylic acids is 3. The Morgan fingerprint density at radius 1 is 1.14 bits per heavy atom. The zero-order valence-electron chi connectivity index (χ0n) is 22.4. The molecule has 1 aromatic carbocycles. The zero-order chi connectivity index (χ0) is 27.4. The molecule has 10 nitrogen and oxygen atoms in total. The van der Waals surface area contributed by atoms with E-state index in [0.29, 0.717) is 53.4 Å². The number of methoxy groups -OCH3 is 2. The van der Waals surface area contributed by atoms with Crippen molar-refractivity contribution in [1.29, 1.82) is 0 Å². The normalized spacial score (nSPS) is 17.0. The predicted octanol–water partition coefficient (Wildman–Crippen LogP) is 3.20. The van der Waals surface area contributed by atoms with Crippen LogP contribution in [0.1, 0.15) is 52.3 Å². The molecule has 0 radical (unpaired) electrons. The topological polar surface area (TPSA) is 121 Å². The second-order valence-corrected chi connectivity index (χ2v) is 9.11. The lowest BCUT2D eigenvalue weighted by molar-refractivity contribution is -0.139. The maximum absolute atomic E-state index is 13.4. The van der Waals surface area contributed by atoms with Crippen LogP contribution in [0, 0.1) is 13.8 Å². The van der Waals surface area contributed by atoms with E-state index >= 15 is 0 Å². The second kappa shape index (κ2) is 11.5. The lowest BCUT2D eigenvalue weighted by Crippen LogP contribution is -2.32. The molecule has 1 fully saturated rings. The van der Waals surface area contributed by atoms with Crippen molar-refractivity contribution >= 4 is 23.4 Å². The van der Waals surface area contributed by atoms with Gasteiger partial charge in [0.2, 0.25) is 0 Å². The molecular weight excluding hydrogens is 478 g/mol. The number of nitrogens with zero attached hydrogens (tertiary/aromatic N) is 2. The summed E-state index contributed by atoms with van der Waals surface area (Å²) < 4.78 is 15.9. The van der Waals surface area contributed by atoms with E-state index in [1.807, 2.05) is 19.0 Å². The van der Waals surface area contributed by atoms with E-state index in [4.69, 9.17) is 14.2 Å². The highest BCUT2D eigenvalue weighted by Crippen LogP contribution is 2.43. The van der Waals surface area contributed by atoms with Gasteiger partial charge in [0.25, 0.3) is 11.7 Å². The third-order valence-electron chi connectivity index (χ3n) is 6.42. The van der Waals surface area contributed by atoms with Crippen LogP contribution < -0.4 is 9.47 Å². The van der Waals surface area contributed by atoms with Crippen LogP contribution in [0.5, 0.6) is 11.5 Å². The number of ketones is 1. The number of aliphatic hydroxyl groups is 1. The number of amides is 1. The van der Waals surface area contributed by atoms with E-state index in [1.54, 1.807) is 39.0 Å². The number of rotatable bonds is 10. The summed E-state index contributed by atoms with van der Waals surface area (Å²) in [6.07, 6.45) is 0.624. The number of aryl methyl sites for hydroxylation is 1. The van der Waals surface area contributed by atoms with Crippen LogP contribution in [0.3, 0.4) is 0 Å². The van der Waals surface area contributed by atoms with Crippen LogP contribution >= 0.6 is 0 Å². The fraction of sp³-hybridized carbons (Fsp3) is 0.444. The summed E-state index contributed by atoms with van der Waals surface area (Å²) in [4.78, 5) is 45.5. The van der Waals surface area contributed by atoms with Gasteiger partial charge >= 0.3 is 5.97 Å². The van der Waals surface area contributed by atoms with Crippen LogP contribution in [-0.2, 0) is 14.3 Å². The van der Waals surface area contributed by atoms with Crippen LogP contribution in [0.4, 0.5) is 0 Å². The number of aromatic amines is 1. The molecule has 1 aromatic heterocycles. The molecule has 37 heavy (non-hydrogen) atoms. The molecule has 2 N–H and O–H groups in total. The number of likely N-dealkylation sites (tertiary alicyclic amines) is 1. The number of ether oxygens (including phenoxy) is 3. The molecule has 1 saturated heterocycles. The number of hydrogen-bond donors (Lipinski definition) is 2. The van der Waals surface area contributed by atoms with Crippen LogP contribution in [0.15, 0.2) is 23.8 Å². The lowest BCUT2D eigenvalue weighted by Gasteiger charge is -2.26. The van der Waals surface area contributed by atoms with Gasteiger partial charge in [0.15, 0.2) is 11.5 Å². The summed E-state index contributed by atoms with van der Waals surface area (Å²) in [6.45, 7) is 6.24. The maximum atomic E-state index is 13.4. The number of esters is 1. The molecule has 0 spiro atoms. The second-order valence-electron chi connectivity index (χ2n) is 9.11. The summed E-state index contributed by atoms with van der Waals surface area (Å²) in [6, 6.07) is 4.27. The number of carbonyl (C=O) groups is 3. The molecule has 1 aliphatic heterocycles. The Labute approximate surface area is 216 Å². The Morgan fingerprint density at radius 2 is 1.81 bits per heavy atom. The van der Waals surface area contributed by atoms with Gasteiger partial charge < -0.3 is 34.1 Å². The van der Waals surface area contributed by atoms with Crippen molar-refractivity contribution in [2.45, 2.75) is 33.2 Å². The van der Waals surface area contributed by atoms with E-state index in [1.165, 1.54) is 19.1 Å². The summed E-state index contributed by atoms with van der Waals surface area (Å²) in [5, 5.41) is 11.5. The lowest BCUT2D eigenvalue weighted by atomic mass is 9.93. The van der Waals surface area contributed by atoms with Gasteiger partial charge in [-0.1, -0.05) is 6.07 Å². The van der Waals surface area contributed by atoms with Crippen LogP contribution in [0.2, 0.25) is 0 Å². The highest BCUT2D eigenvalue weighted by Gasteiger charge is 2.46. The van der Waals surface area contributed by atoms with Gasteiger partial charge in [-0.15, -0.1) is 0 Å². The Morgan fingerprint density at radius 3 is 2.41 bits per heavy atom. The average molecular weight is 514 g/mol. The van der Waals surface area contributed by atoms with Crippen molar-refractivity contribution in [3.05, 3.63) is 51.9 Å². The Kier molecular flexibility index (Phi) is 8.65. The molecule has 1 amide bonds. The Balaban J connectivity index is 2.21. The first-order valence-corrected chi connectivity index (χ1v) is 12.1. The number of H-pyrrole nitrogens is 1. The molecule has 200 valence electrons. The average Bonchev–Trinajstić information content (AvgIpc) is 3.30. The van der Waals surface area contributed by atoms with Crippen molar-refractivity contribution in [2.24, 2.45) is 0 Å². The first kappa shape index (κ1) is 27.8. The molecule has 2 aromatic rings. The molecule has 0 aliphatic carbocycles. The highest BCUT2D eigenvalue weighted by atomic mass is 16.5. The van der Waals surface area contributed by atoms with E-state index in [-0.39, 0.29) is 23.6 Å². The number of aromatic nitrogens is 1. The monoisotopic (exact) mass is 513 g/mol. The molecular formula is C27H35N3O7. The van der Waals surface area contributed by atoms with Crippen molar-refractivity contribution in [3.8, 4) is 11.5 Å². The number of benzene rings is 1. The predicted molar refractivity (Wildman–Crippen MR) is 138 cm³/mol. The first-order valence-electron chi connectivity index (χ1n) is 12.1. The fourth-order valence-electron chi connectivity index (χ4n) is 4.68. The zero-order valence-corrected chi connectivity index (χ0v) is 22.4. The van der Waals surface area contributed by atoms with Gasteiger partial charge in [0, 0.05) is 17.8 Å². The number of Topliss-reactive ketones (excluding diaryl/α,β-unsaturated/α-hetero) is 1. The van der Waals surface area contributed by atoms with E-state index < -0.39 is 23.7 Å². The van der Waals surface area contributed by atoms with Crippen LogP contribution in [0.25, 0.3) is 5.76 Å². The molecule has 1 aliphatic rings. The third-order valence-corrected chi connectivity index (χ3v) is 6.42. The van der Waals surface area contributed by atoms with E-state index in [9.17, 15) is 19.5 Å². The SMILES string of the molecule is CCOC(=O)c1[nH]c(C)c(/C(O)=C2\C(=O)C(=O)N(CCCN(C)C)[C@H]2c2ccc(OC)c(OC)c2)c1C. The van der Waals surface area contributed by atoms with Crippen LogP contribution in [-0.4, -0.2) is 85.6 Å². The Bertz CT molecular complexity index is 1230. The number of aliphatic hydroxyl groups excluding tert-OH is 1. The van der Waals surface area contributed by atoms with Gasteiger partial charge in [-0.05, 0) is 71.1 Å². The fourth-order valence-corrected chi connectivity index (χ4v) is 4.68. The quantitative estimate of drug-likeness (QED) is 0.215. The number of nitrogens with one attached hydrogen (secondary N) is 1. The van der Waals surface area contributed by atoms with Crippen molar-refractivity contribution in [3.63, 3.8) is 0 Å². The molecule has 0 bridgehead atoms. The standard InChI is InChI=1S/C27H35N3O7/c1-8-37-27(34)22-15(2)20(16(3)28-22)24(31)21-23(17-10-11-18(35-6)19(14-17)36-7)30(26(33)25(21)32)13-9-12-29(4)5/h10-11,14,23,28,31H,8-9,12-13H2,1-7H3/b24-21+/t23-/m0/s1. The minimum absolute atomic E-state index is 0.0531. The molecule has 1 atom stereocenters. The summed E-state index contributed by atoms with van der Waals surface area (Å²) >= 11 is 0. The van der Waals surface area contributed by atoms with Gasteiger partial charge in [-0.25, -0.2) is 4.79 Å². The Hall–Kier alpha value is -3.79. The summed E-state index contributed by atoms with van der Waals surface area (Å²) in [5.74, 6) is -1.49. The van der Waals surface area contributed by atoms with Gasteiger partial charge in [-0.2, -0.15) is 0 Å².